The van der Waals surface area contributed by atoms with Crippen LogP contribution < -0.4 is 4.74 Å². The molecule has 0 amide bonds. The Labute approximate surface area is 114 Å². The molecule has 0 aliphatic heterocycles. The van der Waals surface area contributed by atoms with Gasteiger partial charge in [0.15, 0.2) is 0 Å². The topological polar surface area (TPSA) is 46.5 Å². The standard InChI is InChI=1S/C16H22O3/c1-3-12-6-4-5-7-15(12)19-14-9-8-13(16(17)18)10-11(14)2/h8-10,12,15H,3-7H2,1-2H3,(H,17,18). The maximum absolute atomic E-state index is 10.9. The van der Waals surface area contributed by atoms with E-state index in [2.05, 4.69) is 6.92 Å². The lowest BCUT2D eigenvalue weighted by Crippen LogP contribution is -2.30. The summed E-state index contributed by atoms with van der Waals surface area (Å²) in [7, 11) is 0. The van der Waals surface area contributed by atoms with E-state index in [1.807, 2.05) is 6.92 Å². The molecule has 2 atom stereocenters. The maximum Gasteiger partial charge on any atom is 0.335 e. The second kappa shape index (κ2) is 6.09. The highest BCUT2D eigenvalue weighted by molar-refractivity contribution is 5.88. The van der Waals surface area contributed by atoms with E-state index in [1.165, 1.54) is 19.3 Å². The van der Waals surface area contributed by atoms with Gasteiger partial charge in [-0.25, -0.2) is 4.79 Å². The quantitative estimate of drug-likeness (QED) is 0.890. The predicted molar refractivity (Wildman–Crippen MR) is 74.8 cm³/mol. The molecule has 0 aromatic heterocycles. The van der Waals surface area contributed by atoms with Gasteiger partial charge < -0.3 is 9.84 Å². The molecular weight excluding hydrogens is 240 g/mol. The lowest BCUT2D eigenvalue weighted by Gasteiger charge is -2.31. The van der Waals surface area contributed by atoms with Crippen molar-refractivity contribution in [2.75, 3.05) is 0 Å². The number of benzene rings is 1. The van der Waals surface area contributed by atoms with Crippen LogP contribution in [0.4, 0.5) is 0 Å². The van der Waals surface area contributed by atoms with Gasteiger partial charge >= 0.3 is 5.97 Å². The van der Waals surface area contributed by atoms with Crippen molar-refractivity contribution in [1.29, 1.82) is 0 Å². The molecule has 1 fully saturated rings. The fourth-order valence-corrected chi connectivity index (χ4v) is 2.87. The van der Waals surface area contributed by atoms with E-state index in [1.54, 1.807) is 18.2 Å². The van der Waals surface area contributed by atoms with Crippen molar-refractivity contribution in [2.45, 2.75) is 52.1 Å². The SMILES string of the molecule is CCC1CCCCC1Oc1ccc(C(=O)O)cc1C. The second-order valence-electron chi connectivity index (χ2n) is 5.39. The number of aromatic carboxylic acids is 1. The molecule has 0 spiro atoms. The largest absolute Gasteiger partial charge is 0.490 e. The van der Waals surface area contributed by atoms with E-state index in [4.69, 9.17) is 9.84 Å². The van der Waals surface area contributed by atoms with Crippen LogP contribution in [0.2, 0.25) is 0 Å². The van der Waals surface area contributed by atoms with Crippen LogP contribution in [0.3, 0.4) is 0 Å². The van der Waals surface area contributed by atoms with Gasteiger partial charge in [-0.3, -0.25) is 0 Å². The lowest BCUT2D eigenvalue weighted by molar-refractivity contribution is 0.0696. The van der Waals surface area contributed by atoms with Crippen molar-refractivity contribution in [2.24, 2.45) is 5.92 Å². The Morgan fingerprint density at radius 1 is 1.37 bits per heavy atom. The van der Waals surface area contributed by atoms with Crippen LogP contribution in [-0.4, -0.2) is 17.2 Å². The van der Waals surface area contributed by atoms with Gasteiger partial charge in [-0.05, 0) is 62.3 Å². The van der Waals surface area contributed by atoms with Crippen LogP contribution in [0.15, 0.2) is 18.2 Å². The molecule has 3 heteroatoms. The van der Waals surface area contributed by atoms with Gasteiger partial charge in [0.05, 0.1) is 5.56 Å². The lowest BCUT2D eigenvalue weighted by atomic mass is 9.84. The van der Waals surface area contributed by atoms with E-state index < -0.39 is 5.97 Å². The first kappa shape index (κ1) is 13.9. The molecule has 0 radical (unpaired) electrons. The fourth-order valence-electron chi connectivity index (χ4n) is 2.87. The van der Waals surface area contributed by atoms with Gasteiger partial charge in [-0.2, -0.15) is 0 Å². The molecule has 0 saturated heterocycles. The summed E-state index contributed by atoms with van der Waals surface area (Å²) in [6.07, 6.45) is 6.32. The van der Waals surface area contributed by atoms with Crippen LogP contribution in [0, 0.1) is 12.8 Å². The zero-order valence-electron chi connectivity index (χ0n) is 11.7. The van der Waals surface area contributed by atoms with Crippen LogP contribution in [0.25, 0.3) is 0 Å². The van der Waals surface area contributed by atoms with E-state index in [-0.39, 0.29) is 6.10 Å². The average Bonchev–Trinajstić information content (AvgIpc) is 2.41. The summed E-state index contributed by atoms with van der Waals surface area (Å²) in [4.78, 5) is 10.9. The number of aryl methyl sites for hydroxylation is 1. The highest BCUT2D eigenvalue weighted by Gasteiger charge is 2.25. The first-order valence-corrected chi connectivity index (χ1v) is 7.12. The molecule has 1 aliphatic rings. The number of carboxylic acids is 1. The molecule has 104 valence electrons. The van der Waals surface area contributed by atoms with Gasteiger partial charge in [0.2, 0.25) is 0 Å². The summed E-state index contributed by atoms with van der Waals surface area (Å²) in [6, 6.07) is 5.09. The number of rotatable bonds is 4. The van der Waals surface area contributed by atoms with Gasteiger partial charge in [0.25, 0.3) is 0 Å². The van der Waals surface area contributed by atoms with Crippen LogP contribution in [-0.2, 0) is 0 Å². The summed E-state index contributed by atoms with van der Waals surface area (Å²) in [5, 5.41) is 8.96. The van der Waals surface area contributed by atoms with Crippen LogP contribution in [0.1, 0.15) is 54.9 Å². The molecule has 1 aromatic carbocycles. The Morgan fingerprint density at radius 3 is 2.74 bits per heavy atom. The molecule has 0 bridgehead atoms. The highest BCUT2D eigenvalue weighted by atomic mass is 16.5. The molecule has 1 saturated carbocycles. The van der Waals surface area contributed by atoms with Crippen molar-refractivity contribution >= 4 is 5.97 Å². The van der Waals surface area contributed by atoms with Gasteiger partial charge in [0.1, 0.15) is 11.9 Å². The van der Waals surface area contributed by atoms with Crippen molar-refractivity contribution in [3.05, 3.63) is 29.3 Å². The summed E-state index contributed by atoms with van der Waals surface area (Å²) < 4.78 is 6.13. The molecule has 2 rings (SSSR count). The van der Waals surface area contributed by atoms with E-state index in [0.29, 0.717) is 11.5 Å². The minimum absolute atomic E-state index is 0.285. The highest BCUT2D eigenvalue weighted by Crippen LogP contribution is 2.31. The monoisotopic (exact) mass is 262 g/mol. The molecule has 1 aliphatic carbocycles. The Morgan fingerprint density at radius 2 is 2.11 bits per heavy atom. The van der Waals surface area contributed by atoms with Crippen molar-refractivity contribution < 1.29 is 14.6 Å². The van der Waals surface area contributed by atoms with Crippen molar-refractivity contribution in [1.82, 2.24) is 0 Å². The molecule has 3 nitrogen and oxygen atoms in total. The van der Waals surface area contributed by atoms with Crippen LogP contribution >= 0.6 is 0 Å². The smallest absolute Gasteiger partial charge is 0.335 e. The molecular formula is C16H22O3. The Hall–Kier alpha value is -1.51. The van der Waals surface area contributed by atoms with E-state index in [0.717, 1.165) is 24.2 Å². The second-order valence-corrected chi connectivity index (χ2v) is 5.39. The summed E-state index contributed by atoms with van der Waals surface area (Å²) in [6.45, 7) is 4.12. The number of carboxylic acid groups (broad SMARTS) is 1. The number of hydrogen-bond acceptors (Lipinski definition) is 2. The number of ether oxygens (including phenoxy) is 1. The molecule has 2 unspecified atom stereocenters. The zero-order chi connectivity index (χ0) is 13.8. The third-order valence-corrected chi connectivity index (χ3v) is 4.06. The average molecular weight is 262 g/mol. The Balaban J connectivity index is 2.11. The minimum Gasteiger partial charge on any atom is -0.490 e. The number of hydrogen-bond donors (Lipinski definition) is 1. The first-order valence-electron chi connectivity index (χ1n) is 7.12. The maximum atomic E-state index is 10.9. The van der Waals surface area contributed by atoms with Crippen molar-refractivity contribution in [3.63, 3.8) is 0 Å². The molecule has 1 N–H and O–H groups in total. The van der Waals surface area contributed by atoms with Crippen molar-refractivity contribution in [3.8, 4) is 5.75 Å². The molecule has 19 heavy (non-hydrogen) atoms. The summed E-state index contributed by atoms with van der Waals surface area (Å²) in [5.74, 6) is 0.571. The Kier molecular flexibility index (Phi) is 4.46. The predicted octanol–water partition coefficient (Wildman–Crippen LogP) is 4.04. The Bertz CT molecular complexity index is 453. The summed E-state index contributed by atoms with van der Waals surface area (Å²) in [5.41, 5.74) is 1.22. The normalized spacial score (nSPS) is 23.1. The molecule has 0 heterocycles. The van der Waals surface area contributed by atoms with Gasteiger partial charge in [-0.15, -0.1) is 0 Å². The van der Waals surface area contributed by atoms with Gasteiger partial charge in [0, 0.05) is 0 Å². The van der Waals surface area contributed by atoms with E-state index in [9.17, 15) is 4.79 Å². The third kappa shape index (κ3) is 3.28. The fraction of sp³-hybridized carbons (Fsp3) is 0.562. The zero-order valence-corrected chi connectivity index (χ0v) is 11.7. The first-order chi connectivity index (χ1) is 9.11. The molecule has 1 aromatic rings. The third-order valence-electron chi connectivity index (χ3n) is 4.06. The van der Waals surface area contributed by atoms with Crippen LogP contribution in [0.5, 0.6) is 5.75 Å². The minimum atomic E-state index is -0.890. The summed E-state index contributed by atoms with van der Waals surface area (Å²) >= 11 is 0. The van der Waals surface area contributed by atoms with Gasteiger partial charge in [-0.1, -0.05) is 13.3 Å². The number of carbonyl (C=O) groups is 1. The van der Waals surface area contributed by atoms with E-state index >= 15 is 0 Å².